The van der Waals surface area contributed by atoms with Crippen LogP contribution in [0.2, 0.25) is 0 Å². The van der Waals surface area contributed by atoms with E-state index >= 15 is 0 Å². The van der Waals surface area contributed by atoms with Gasteiger partial charge in [0.05, 0.1) is 12.7 Å². The number of nitrogens with zero attached hydrogens (tertiary/aromatic N) is 1. The average molecular weight is 392 g/mol. The van der Waals surface area contributed by atoms with Crippen molar-refractivity contribution in [3.8, 4) is 5.75 Å². The van der Waals surface area contributed by atoms with E-state index in [1.807, 2.05) is 17.2 Å². The van der Waals surface area contributed by atoms with E-state index in [0.29, 0.717) is 36.1 Å². The highest BCUT2D eigenvalue weighted by molar-refractivity contribution is 7.98. The molecular weight excluding hydrogens is 362 g/mol. The lowest BCUT2D eigenvalue weighted by atomic mass is 9.98. The van der Waals surface area contributed by atoms with Gasteiger partial charge in [-0.05, 0) is 55.2 Å². The number of nitrogens with one attached hydrogen (secondary N) is 1. The van der Waals surface area contributed by atoms with Crippen molar-refractivity contribution in [2.75, 3.05) is 32.2 Å². The minimum Gasteiger partial charge on any atom is -0.496 e. The Hall–Kier alpha value is -1.73. The number of carbonyl (C=O) groups excluding carboxylic acids is 2. The third-order valence-corrected chi connectivity index (χ3v) is 6.43. The summed E-state index contributed by atoms with van der Waals surface area (Å²) in [5.74, 6) is 1.96. The molecule has 2 aliphatic rings. The maximum absolute atomic E-state index is 13.1. The normalized spacial score (nSPS) is 25.1. The van der Waals surface area contributed by atoms with Crippen LogP contribution >= 0.6 is 11.8 Å². The number of benzene rings is 1. The molecule has 4 unspecified atom stereocenters. The number of nitrogens with two attached hydrogens (primary N) is 1. The minimum absolute atomic E-state index is 0.00824. The van der Waals surface area contributed by atoms with Gasteiger partial charge in [0.2, 0.25) is 5.91 Å². The minimum atomic E-state index is -0.523. The lowest BCUT2D eigenvalue weighted by molar-refractivity contribution is -0.132. The van der Waals surface area contributed by atoms with Gasteiger partial charge in [0, 0.05) is 19.1 Å². The summed E-state index contributed by atoms with van der Waals surface area (Å²) in [5, 5.41) is 2.94. The van der Waals surface area contributed by atoms with E-state index in [1.54, 1.807) is 30.0 Å². The Morgan fingerprint density at radius 2 is 2.11 bits per heavy atom. The molecule has 2 amide bonds. The van der Waals surface area contributed by atoms with Crippen molar-refractivity contribution in [2.45, 2.75) is 31.3 Å². The molecule has 0 aromatic heterocycles. The first-order valence-corrected chi connectivity index (χ1v) is 10.9. The number of carbonyl (C=O) groups is 2. The van der Waals surface area contributed by atoms with Gasteiger partial charge in [-0.15, -0.1) is 0 Å². The van der Waals surface area contributed by atoms with Gasteiger partial charge < -0.3 is 20.7 Å². The van der Waals surface area contributed by atoms with Crippen molar-refractivity contribution in [3.05, 3.63) is 29.8 Å². The first-order valence-electron chi connectivity index (χ1n) is 9.52. The molecule has 0 radical (unpaired) electrons. The number of likely N-dealkylation sites (tertiary alicyclic amines) is 1. The monoisotopic (exact) mass is 391 g/mol. The molecule has 27 heavy (non-hydrogen) atoms. The van der Waals surface area contributed by atoms with Crippen LogP contribution in [0, 0.1) is 11.8 Å². The van der Waals surface area contributed by atoms with Gasteiger partial charge in [-0.25, -0.2) is 0 Å². The van der Waals surface area contributed by atoms with Gasteiger partial charge in [0.1, 0.15) is 11.8 Å². The number of hydrogen-bond acceptors (Lipinski definition) is 5. The summed E-state index contributed by atoms with van der Waals surface area (Å²) in [5.41, 5.74) is 6.65. The zero-order valence-electron chi connectivity index (χ0n) is 16.0. The molecule has 1 aromatic carbocycles. The van der Waals surface area contributed by atoms with Crippen LogP contribution in [0.1, 0.15) is 29.6 Å². The molecule has 6 nitrogen and oxygen atoms in total. The van der Waals surface area contributed by atoms with Gasteiger partial charge >= 0.3 is 0 Å². The standard InChI is InChI=1S/C20H29N3O3S/c1-26-18-6-4-3-5-14(18)19(24)22-17(9-10-27-2)20(25)23-11-13-7-8-16(21)15(13)12-23/h3-6,13,15-17H,7-12,21H2,1-2H3,(H,22,24). The number of hydrogen-bond donors (Lipinski definition) is 2. The Balaban J connectivity index is 1.70. The van der Waals surface area contributed by atoms with Gasteiger partial charge in [-0.2, -0.15) is 11.8 Å². The molecule has 4 atom stereocenters. The Kier molecular flexibility index (Phi) is 6.65. The molecule has 1 aliphatic heterocycles. The first-order chi connectivity index (χ1) is 13.0. The maximum Gasteiger partial charge on any atom is 0.255 e. The zero-order valence-corrected chi connectivity index (χ0v) is 16.8. The molecule has 0 bridgehead atoms. The van der Waals surface area contributed by atoms with Crippen LogP contribution in [0.5, 0.6) is 5.75 Å². The van der Waals surface area contributed by atoms with Crippen LogP contribution in [-0.2, 0) is 4.79 Å². The van der Waals surface area contributed by atoms with Crippen molar-refractivity contribution >= 4 is 23.6 Å². The molecule has 1 saturated carbocycles. The van der Waals surface area contributed by atoms with Crippen LogP contribution < -0.4 is 15.8 Å². The second kappa shape index (κ2) is 8.97. The number of ether oxygens (including phenoxy) is 1. The molecule has 7 heteroatoms. The second-order valence-corrected chi connectivity index (χ2v) is 8.40. The first kappa shape index (κ1) is 20.0. The van der Waals surface area contributed by atoms with Gasteiger partial charge in [0.15, 0.2) is 0 Å². The molecule has 3 rings (SSSR count). The van der Waals surface area contributed by atoms with E-state index in [-0.39, 0.29) is 17.9 Å². The molecule has 2 fully saturated rings. The molecule has 1 aromatic rings. The lowest BCUT2D eigenvalue weighted by Gasteiger charge is -2.25. The summed E-state index contributed by atoms with van der Waals surface area (Å²) in [7, 11) is 1.54. The Morgan fingerprint density at radius 3 is 2.81 bits per heavy atom. The fraction of sp³-hybridized carbons (Fsp3) is 0.600. The van der Waals surface area contributed by atoms with Crippen molar-refractivity contribution in [3.63, 3.8) is 0 Å². The topological polar surface area (TPSA) is 84.7 Å². The van der Waals surface area contributed by atoms with E-state index in [9.17, 15) is 9.59 Å². The van der Waals surface area contributed by atoms with E-state index in [4.69, 9.17) is 10.5 Å². The van der Waals surface area contributed by atoms with Crippen molar-refractivity contribution in [1.82, 2.24) is 10.2 Å². The fourth-order valence-corrected chi connectivity index (χ4v) is 4.74. The van der Waals surface area contributed by atoms with Crippen molar-refractivity contribution in [2.24, 2.45) is 17.6 Å². The SMILES string of the molecule is COc1ccccc1C(=O)NC(CCSC)C(=O)N1CC2CCC(N)C2C1. The molecule has 3 N–H and O–H groups in total. The molecule has 148 valence electrons. The van der Waals surface area contributed by atoms with Crippen molar-refractivity contribution in [1.29, 1.82) is 0 Å². The third kappa shape index (κ3) is 4.41. The van der Waals surface area contributed by atoms with E-state index in [0.717, 1.165) is 25.1 Å². The van der Waals surface area contributed by atoms with Crippen LogP contribution in [0.15, 0.2) is 24.3 Å². The molecule has 1 aliphatic carbocycles. The summed E-state index contributed by atoms with van der Waals surface area (Å²) in [6.07, 6.45) is 4.76. The second-order valence-electron chi connectivity index (χ2n) is 7.42. The highest BCUT2D eigenvalue weighted by atomic mass is 32.2. The number of fused-ring (bicyclic) bond motifs is 1. The summed E-state index contributed by atoms with van der Waals surface area (Å²) in [6.45, 7) is 1.47. The molecule has 0 spiro atoms. The highest BCUT2D eigenvalue weighted by Crippen LogP contribution is 2.37. The number of amides is 2. The van der Waals surface area contributed by atoms with Gasteiger partial charge in [-0.1, -0.05) is 12.1 Å². The van der Waals surface area contributed by atoms with E-state index < -0.39 is 6.04 Å². The Labute approximate surface area is 165 Å². The number of thioether (sulfide) groups is 1. The van der Waals surface area contributed by atoms with E-state index in [2.05, 4.69) is 5.32 Å². The van der Waals surface area contributed by atoms with Crippen LogP contribution in [0.3, 0.4) is 0 Å². The van der Waals surface area contributed by atoms with E-state index in [1.165, 1.54) is 7.11 Å². The van der Waals surface area contributed by atoms with Gasteiger partial charge in [0.25, 0.3) is 5.91 Å². The fourth-order valence-electron chi connectivity index (χ4n) is 4.27. The number of rotatable bonds is 7. The number of methoxy groups -OCH3 is 1. The summed E-state index contributed by atoms with van der Waals surface area (Å²) in [4.78, 5) is 27.8. The molecule has 1 saturated heterocycles. The van der Waals surface area contributed by atoms with Crippen LogP contribution in [-0.4, -0.2) is 61.0 Å². The van der Waals surface area contributed by atoms with Crippen molar-refractivity contribution < 1.29 is 14.3 Å². The van der Waals surface area contributed by atoms with Gasteiger partial charge in [-0.3, -0.25) is 9.59 Å². The summed E-state index contributed by atoms with van der Waals surface area (Å²) >= 11 is 1.67. The maximum atomic E-state index is 13.1. The highest BCUT2D eigenvalue weighted by Gasteiger charge is 2.43. The molecular formula is C20H29N3O3S. The predicted octanol–water partition coefficient (Wildman–Crippen LogP) is 1.74. The predicted molar refractivity (Wildman–Crippen MR) is 108 cm³/mol. The van der Waals surface area contributed by atoms with Crippen LogP contribution in [0.4, 0.5) is 0 Å². The Morgan fingerprint density at radius 1 is 1.33 bits per heavy atom. The third-order valence-electron chi connectivity index (χ3n) is 5.79. The summed E-state index contributed by atoms with van der Waals surface area (Å²) in [6, 6.07) is 6.74. The Bertz CT molecular complexity index is 684. The lowest BCUT2D eigenvalue weighted by Crippen LogP contribution is -2.48. The smallest absolute Gasteiger partial charge is 0.255 e. The summed E-state index contributed by atoms with van der Waals surface area (Å²) < 4.78 is 5.28. The van der Waals surface area contributed by atoms with Crippen LogP contribution in [0.25, 0.3) is 0 Å². The molecule has 1 heterocycles. The quantitative estimate of drug-likeness (QED) is 0.740. The number of para-hydroxylation sites is 1. The largest absolute Gasteiger partial charge is 0.496 e. The average Bonchev–Trinajstić information content (AvgIpc) is 3.26. The zero-order chi connectivity index (χ0) is 19.4.